The van der Waals surface area contributed by atoms with Gasteiger partial charge >= 0.3 is 6.03 Å². The number of anilines is 1. The first kappa shape index (κ1) is 17.5. The van der Waals surface area contributed by atoms with Crippen molar-refractivity contribution in [3.05, 3.63) is 65.7 Å². The highest BCUT2D eigenvalue weighted by Crippen LogP contribution is 2.25. The highest BCUT2D eigenvalue weighted by Gasteiger charge is 2.25. The summed E-state index contributed by atoms with van der Waals surface area (Å²) in [6.45, 7) is 8.26. The average Bonchev–Trinajstić information content (AvgIpc) is 2.62. The number of hydrogen-bond donors (Lipinski definition) is 1. The molecule has 2 aromatic rings. The number of benzene rings is 2. The Labute approximate surface area is 149 Å². The van der Waals surface area contributed by atoms with E-state index in [9.17, 15) is 4.79 Å². The lowest BCUT2D eigenvalue weighted by molar-refractivity contribution is -0.0135. The Morgan fingerprint density at radius 1 is 1.08 bits per heavy atom. The standard InChI is InChI=1S/C21H26N2O2/c1-21(2,3)17-9-11-18(12-10-17)22-20(24)23-13-14-25-19(15-23)16-7-5-4-6-8-16/h4-12,19H,13-15H2,1-3H3,(H,22,24). The summed E-state index contributed by atoms with van der Waals surface area (Å²) >= 11 is 0. The van der Waals surface area contributed by atoms with Crippen molar-refractivity contribution in [2.24, 2.45) is 0 Å². The maximum Gasteiger partial charge on any atom is 0.322 e. The van der Waals surface area contributed by atoms with Crippen LogP contribution in [0.15, 0.2) is 54.6 Å². The van der Waals surface area contributed by atoms with Gasteiger partial charge in [-0.05, 0) is 28.7 Å². The van der Waals surface area contributed by atoms with E-state index in [4.69, 9.17) is 4.74 Å². The van der Waals surface area contributed by atoms with E-state index in [1.165, 1.54) is 5.56 Å². The molecule has 4 heteroatoms. The predicted octanol–water partition coefficient (Wildman–Crippen LogP) is 4.59. The topological polar surface area (TPSA) is 41.6 Å². The van der Waals surface area contributed by atoms with Crippen LogP contribution in [0.2, 0.25) is 0 Å². The van der Waals surface area contributed by atoms with Crippen molar-refractivity contribution in [2.45, 2.75) is 32.3 Å². The fourth-order valence-corrected chi connectivity index (χ4v) is 2.96. The van der Waals surface area contributed by atoms with Crippen LogP contribution in [0.3, 0.4) is 0 Å². The monoisotopic (exact) mass is 338 g/mol. The summed E-state index contributed by atoms with van der Waals surface area (Å²) in [5.41, 5.74) is 3.28. The van der Waals surface area contributed by atoms with E-state index >= 15 is 0 Å². The minimum absolute atomic E-state index is 0.0658. The van der Waals surface area contributed by atoms with Crippen LogP contribution in [-0.4, -0.2) is 30.6 Å². The predicted molar refractivity (Wildman–Crippen MR) is 101 cm³/mol. The van der Waals surface area contributed by atoms with Gasteiger partial charge in [0.25, 0.3) is 0 Å². The summed E-state index contributed by atoms with van der Waals surface area (Å²) < 4.78 is 5.83. The minimum atomic E-state index is -0.0762. The lowest BCUT2D eigenvalue weighted by Crippen LogP contribution is -2.44. The van der Waals surface area contributed by atoms with E-state index in [0.29, 0.717) is 19.7 Å². The number of amides is 2. The molecule has 1 unspecified atom stereocenters. The van der Waals surface area contributed by atoms with Gasteiger partial charge in [-0.3, -0.25) is 0 Å². The van der Waals surface area contributed by atoms with Gasteiger partial charge in [0, 0.05) is 12.2 Å². The number of urea groups is 1. The van der Waals surface area contributed by atoms with E-state index in [1.54, 1.807) is 0 Å². The fourth-order valence-electron chi connectivity index (χ4n) is 2.96. The van der Waals surface area contributed by atoms with Crippen molar-refractivity contribution in [2.75, 3.05) is 25.0 Å². The third-order valence-corrected chi connectivity index (χ3v) is 4.53. The first-order chi connectivity index (χ1) is 11.9. The van der Waals surface area contributed by atoms with Gasteiger partial charge in [-0.1, -0.05) is 63.2 Å². The van der Waals surface area contributed by atoms with Gasteiger partial charge in [0.15, 0.2) is 0 Å². The van der Waals surface area contributed by atoms with E-state index < -0.39 is 0 Å². The van der Waals surface area contributed by atoms with Gasteiger partial charge in [0.2, 0.25) is 0 Å². The lowest BCUT2D eigenvalue weighted by Gasteiger charge is -2.33. The molecule has 4 nitrogen and oxygen atoms in total. The summed E-state index contributed by atoms with van der Waals surface area (Å²) in [4.78, 5) is 14.4. The van der Waals surface area contributed by atoms with Gasteiger partial charge in [0.05, 0.1) is 13.2 Å². The molecule has 1 fully saturated rings. The summed E-state index contributed by atoms with van der Waals surface area (Å²) in [5.74, 6) is 0. The van der Waals surface area contributed by atoms with Crippen LogP contribution in [-0.2, 0) is 10.2 Å². The smallest absolute Gasteiger partial charge is 0.322 e. The second-order valence-corrected chi connectivity index (χ2v) is 7.47. The summed E-state index contributed by atoms with van der Waals surface area (Å²) in [6, 6.07) is 18.0. The van der Waals surface area contributed by atoms with Crippen LogP contribution in [0.4, 0.5) is 10.5 Å². The van der Waals surface area contributed by atoms with Gasteiger partial charge in [-0.15, -0.1) is 0 Å². The normalized spacial score (nSPS) is 18.0. The molecule has 3 rings (SSSR count). The number of morpholine rings is 1. The maximum atomic E-state index is 12.6. The van der Waals surface area contributed by atoms with Crippen molar-refractivity contribution in [3.63, 3.8) is 0 Å². The number of carbonyl (C=O) groups is 1. The summed E-state index contributed by atoms with van der Waals surface area (Å²) in [5, 5.41) is 2.99. The summed E-state index contributed by atoms with van der Waals surface area (Å²) in [7, 11) is 0. The molecule has 0 radical (unpaired) electrons. The van der Waals surface area contributed by atoms with Crippen LogP contribution >= 0.6 is 0 Å². The molecular formula is C21H26N2O2. The molecule has 1 aliphatic rings. The molecule has 1 saturated heterocycles. The third-order valence-electron chi connectivity index (χ3n) is 4.53. The number of rotatable bonds is 2. The van der Waals surface area contributed by atoms with Crippen molar-refractivity contribution in [3.8, 4) is 0 Å². The zero-order valence-corrected chi connectivity index (χ0v) is 15.2. The fraction of sp³-hybridized carbons (Fsp3) is 0.381. The zero-order chi connectivity index (χ0) is 17.9. The first-order valence-electron chi connectivity index (χ1n) is 8.76. The van der Waals surface area contributed by atoms with Crippen molar-refractivity contribution in [1.82, 2.24) is 4.90 Å². The zero-order valence-electron chi connectivity index (χ0n) is 15.2. The molecule has 132 valence electrons. The Morgan fingerprint density at radius 3 is 2.40 bits per heavy atom. The number of hydrogen-bond acceptors (Lipinski definition) is 2. The van der Waals surface area contributed by atoms with Crippen LogP contribution < -0.4 is 5.32 Å². The lowest BCUT2D eigenvalue weighted by atomic mass is 9.87. The Kier molecular flexibility index (Phi) is 5.09. The largest absolute Gasteiger partial charge is 0.370 e. The molecule has 2 aromatic carbocycles. The molecule has 2 amide bonds. The molecule has 1 N–H and O–H groups in total. The number of nitrogens with one attached hydrogen (secondary N) is 1. The number of carbonyl (C=O) groups excluding carboxylic acids is 1. The van der Waals surface area contributed by atoms with E-state index in [0.717, 1.165) is 11.3 Å². The highest BCUT2D eigenvalue weighted by atomic mass is 16.5. The minimum Gasteiger partial charge on any atom is -0.370 e. The average molecular weight is 338 g/mol. The molecule has 1 aliphatic heterocycles. The van der Waals surface area contributed by atoms with Crippen molar-refractivity contribution < 1.29 is 9.53 Å². The molecule has 0 bridgehead atoms. The quantitative estimate of drug-likeness (QED) is 0.870. The van der Waals surface area contributed by atoms with Crippen LogP contribution in [0.5, 0.6) is 0 Å². The molecule has 1 atom stereocenters. The molecule has 1 heterocycles. The van der Waals surface area contributed by atoms with Crippen LogP contribution in [0, 0.1) is 0 Å². The van der Waals surface area contributed by atoms with E-state index in [-0.39, 0.29) is 17.6 Å². The van der Waals surface area contributed by atoms with Gasteiger partial charge in [0.1, 0.15) is 6.10 Å². The highest BCUT2D eigenvalue weighted by molar-refractivity contribution is 5.89. The molecular weight excluding hydrogens is 312 g/mol. The second kappa shape index (κ2) is 7.28. The Bertz CT molecular complexity index is 705. The van der Waals surface area contributed by atoms with Crippen molar-refractivity contribution in [1.29, 1.82) is 0 Å². The van der Waals surface area contributed by atoms with Gasteiger partial charge in [-0.2, -0.15) is 0 Å². The molecule has 0 spiro atoms. The Hall–Kier alpha value is -2.33. The number of nitrogens with zero attached hydrogens (tertiary/aromatic N) is 1. The third kappa shape index (κ3) is 4.40. The molecule has 0 aromatic heterocycles. The second-order valence-electron chi connectivity index (χ2n) is 7.47. The molecule has 0 saturated carbocycles. The SMILES string of the molecule is CC(C)(C)c1ccc(NC(=O)N2CCOC(c3ccccc3)C2)cc1. The molecule has 0 aliphatic carbocycles. The molecule has 25 heavy (non-hydrogen) atoms. The first-order valence-corrected chi connectivity index (χ1v) is 8.76. The number of ether oxygens (including phenoxy) is 1. The Morgan fingerprint density at radius 2 is 1.76 bits per heavy atom. The van der Waals surface area contributed by atoms with Gasteiger partial charge in [-0.25, -0.2) is 4.79 Å². The maximum absolute atomic E-state index is 12.6. The Balaban J connectivity index is 1.63. The van der Waals surface area contributed by atoms with E-state index in [2.05, 4.69) is 38.2 Å². The van der Waals surface area contributed by atoms with E-state index in [1.807, 2.05) is 47.4 Å². The van der Waals surface area contributed by atoms with Crippen molar-refractivity contribution >= 4 is 11.7 Å². The van der Waals surface area contributed by atoms with Crippen LogP contribution in [0.1, 0.15) is 38.0 Å². The van der Waals surface area contributed by atoms with Gasteiger partial charge < -0.3 is 15.0 Å². The van der Waals surface area contributed by atoms with Crippen LogP contribution in [0.25, 0.3) is 0 Å². The summed E-state index contributed by atoms with van der Waals surface area (Å²) in [6.07, 6.45) is -0.0658.